The minimum absolute atomic E-state index is 0.0511. The van der Waals surface area contributed by atoms with E-state index < -0.39 is 5.41 Å². The van der Waals surface area contributed by atoms with Gasteiger partial charge in [0.05, 0.1) is 5.41 Å². The van der Waals surface area contributed by atoms with E-state index in [0.29, 0.717) is 5.02 Å². The fourth-order valence-electron chi connectivity index (χ4n) is 3.68. The van der Waals surface area contributed by atoms with Crippen LogP contribution in [0, 0.1) is 0 Å². The average Bonchev–Trinajstić information content (AvgIpc) is 3.03. The number of rotatable bonds is 1. The molecule has 1 saturated carbocycles. The predicted octanol–water partition coefficient (Wildman–Crippen LogP) is 4.46. The van der Waals surface area contributed by atoms with Crippen LogP contribution in [0.3, 0.4) is 0 Å². The number of anilines is 1. The van der Waals surface area contributed by atoms with Gasteiger partial charge in [0.15, 0.2) is 0 Å². The van der Waals surface area contributed by atoms with E-state index in [4.69, 9.17) is 16.0 Å². The van der Waals surface area contributed by atoms with Crippen LogP contribution in [-0.4, -0.2) is 5.91 Å². The van der Waals surface area contributed by atoms with Crippen LogP contribution in [-0.2, 0) is 10.2 Å². The minimum atomic E-state index is -0.506. The highest BCUT2D eigenvalue weighted by atomic mass is 35.5. The summed E-state index contributed by atoms with van der Waals surface area (Å²) in [5.74, 6) is 1.01. The molecule has 2 aliphatic rings. The first kappa shape index (κ1) is 12.3. The van der Waals surface area contributed by atoms with Crippen LogP contribution in [0.5, 0.6) is 0 Å². The van der Waals surface area contributed by atoms with Gasteiger partial charge < -0.3 is 9.73 Å². The standard InChI is InChI=1S/C18H12ClNO2/c19-11-5-6-14-12(8-11)18(17(21)20-14)9-13(18)16-7-10-3-1-2-4-15(10)22-16/h1-8,13H,9H2,(H,20,21). The zero-order valence-corrected chi connectivity index (χ0v) is 12.4. The first-order chi connectivity index (χ1) is 10.7. The van der Waals surface area contributed by atoms with Crippen LogP contribution < -0.4 is 5.32 Å². The van der Waals surface area contributed by atoms with E-state index in [9.17, 15) is 4.79 Å². The molecule has 22 heavy (non-hydrogen) atoms. The van der Waals surface area contributed by atoms with Crippen molar-refractivity contribution < 1.29 is 9.21 Å². The van der Waals surface area contributed by atoms with Crippen molar-refractivity contribution in [2.24, 2.45) is 0 Å². The van der Waals surface area contributed by atoms with Crippen molar-refractivity contribution >= 4 is 34.2 Å². The first-order valence-corrected chi connectivity index (χ1v) is 7.66. The summed E-state index contributed by atoms with van der Waals surface area (Å²) >= 11 is 6.12. The second kappa shape index (κ2) is 3.93. The lowest BCUT2D eigenvalue weighted by atomic mass is 9.94. The Hall–Kier alpha value is -2.26. The van der Waals surface area contributed by atoms with E-state index >= 15 is 0 Å². The normalized spacial score (nSPS) is 25.5. The molecule has 1 aliphatic heterocycles. The van der Waals surface area contributed by atoms with Gasteiger partial charge in [-0.05, 0) is 42.3 Å². The van der Waals surface area contributed by atoms with Gasteiger partial charge in [0, 0.05) is 22.0 Å². The van der Waals surface area contributed by atoms with Crippen molar-refractivity contribution in [3.05, 3.63) is 64.9 Å². The van der Waals surface area contributed by atoms with Gasteiger partial charge in [-0.1, -0.05) is 29.8 Å². The van der Waals surface area contributed by atoms with Crippen molar-refractivity contribution in [2.45, 2.75) is 17.8 Å². The third kappa shape index (κ3) is 1.44. The summed E-state index contributed by atoms with van der Waals surface area (Å²) in [4.78, 5) is 12.5. The molecule has 1 amide bonds. The van der Waals surface area contributed by atoms with Crippen LogP contribution in [0.2, 0.25) is 5.02 Å². The van der Waals surface area contributed by atoms with Crippen molar-refractivity contribution in [2.75, 3.05) is 5.32 Å². The molecular formula is C18H12ClNO2. The average molecular weight is 310 g/mol. The molecule has 1 spiro atoms. The number of fused-ring (bicyclic) bond motifs is 3. The molecule has 108 valence electrons. The van der Waals surface area contributed by atoms with Crippen LogP contribution in [0.15, 0.2) is 52.9 Å². The molecule has 5 rings (SSSR count). The Morgan fingerprint density at radius 1 is 1.18 bits per heavy atom. The Balaban J connectivity index is 1.63. The SMILES string of the molecule is O=C1Nc2ccc(Cl)cc2C12CC2c1cc2ccccc2o1. The molecule has 1 fully saturated rings. The molecule has 4 heteroatoms. The molecule has 3 nitrogen and oxygen atoms in total. The maximum absolute atomic E-state index is 12.5. The Morgan fingerprint density at radius 2 is 2.05 bits per heavy atom. The highest BCUT2D eigenvalue weighted by molar-refractivity contribution is 6.31. The number of carbonyl (C=O) groups excluding carboxylic acids is 1. The Kier molecular flexibility index (Phi) is 2.20. The molecule has 0 bridgehead atoms. The summed E-state index contributed by atoms with van der Waals surface area (Å²) in [6.45, 7) is 0. The molecule has 1 aliphatic carbocycles. The minimum Gasteiger partial charge on any atom is -0.461 e. The van der Waals surface area contributed by atoms with E-state index in [1.165, 1.54) is 0 Å². The molecule has 1 aromatic heterocycles. The van der Waals surface area contributed by atoms with Crippen molar-refractivity contribution in [3.63, 3.8) is 0 Å². The van der Waals surface area contributed by atoms with Crippen LogP contribution in [0.25, 0.3) is 11.0 Å². The second-order valence-electron chi connectivity index (χ2n) is 6.06. The van der Waals surface area contributed by atoms with Gasteiger partial charge in [-0.25, -0.2) is 0 Å². The van der Waals surface area contributed by atoms with Gasteiger partial charge >= 0.3 is 0 Å². The summed E-state index contributed by atoms with van der Waals surface area (Å²) < 4.78 is 5.96. The summed E-state index contributed by atoms with van der Waals surface area (Å²) in [5.41, 5.74) is 2.22. The quantitative estimate of drug-likeness (QED) is 0.721. The lowest BCUT2D eigenvalue weighted by Gasteiger charge is -2.07. The molecule has 2 aromatic carbocycles. The van der Waals surface area contributed by atoms with Gasteiger partial charge in [0.1, 0.15) is 11.3 Å². The van der Waals surface area contributed by atoms with Crippen LogP contribution in [0.1, 0.15) is 23.7 Å². The summed E-state index contributed by atoms with van der Waals surface area (Å²) in [6, 6.07) is 15.5. The van der Waals surface area contributed by atoms with Crippen molar-refractivity contribution in [3.8, 4) is 0 Å². The summed E-state index contributed by atoms with van der Waals surface area (Å²) in [6.07, 6.45) is 0.770. The molecular weight excluding hydrogens is 298 g/mol. The number of halogens is 1. The topological polar surface area (TPSA) is 42.2 Å². The van der Waals surface area contributed by atoms with E-state index in [0.717, 1.165) is 34.4 Å². The third-order valence-electron chi connectivity index (χ3n) is 4.86. The van der Waals surface area contributed by atoms with Crippen LogP contribution >= 0.6 is 11.6 Å². The van der Waals surface area contributed by atoms with Crippen molar-refractivity contribution in [1.29, 1.82) is 0 Å². The number of amides is 1. The first-order valence-electron chi connectivity index (χ1n) is 7.28. The molecule has 2 unspecified atom stereocenters. The predicted molar refractivity (Wildman–Crippen MR) is 85.3 cm³/mol. The number of furan rings is 1. The highest BCUT2D eigenvalue weighted by Gasteiger charge is 2.66. The molecule has 2 heterocycles. The lowest BCUT2D eigenvalue weighted by molar-refractivity contribution is -0.118. The Morgan fingerprint density at radius 3 is 2.91 bits per heavy atom. The largest absolute Gasteiger partial charge is 0.461 e. The molecule has 3 aromatic rings. The van der Waals surface area contributed by atoms with Gasteiger partial charge in [0.25, 0.3) is 0 Å². The Labute approximate surface area is 131 Å². The maximum atomic E-state index is 12.5. The summed E-state index contributed by atoms with van der Waals surface area (Å²) in [5, 5.41) is 4.70. The smallest absolute Gasteiger partial charge is 0.235 e. The van der Waals surface area contributed by atoms with Gasteiger partial charge in [-0.15, -0.1) is 0 Å². The van der Waals surface area contributed by atoms with Gasteiger partial charge in [-0.3, -0.25) is 4.79 Å². The van der Waals surface area contributed by atoms with Crippen LogP contribution in [0.4, 0.5) is 5.69 Å². The number of hydrogen-bond donors (Lipinski definition) is 1. The maximum Gasteiger partial charge on any atom is 0.235 e. The van der Waals surface area contributed by atoms with E-state index in [1.54, 1.807) is 6.07 Å². The highest BCUT2D eigenvalue weighted by Crippen LogP contribution is 2.65. The van der Waals surface area contributed by atoms with E-state index in [2.05, 4.69) is 5.32 Å². The fourth-order valence-corrected chi connectivity index (χ4v) is 3.85. The number of nitrogens with one attached hydrogen (secondary N) is 1. The third-order valence-corrected chi connectivity index (χ3v) is 5.10. The van der Waals surface area contributed by atoms with E-state index in [-0.39, 0.29) is 11.8 Å². The lowest BCUT2D eigenvalue weighted by Crippen LogP contribution is -2.20. The van der Waals surface area contributed by atoms with Gasteiger partial charge in [0.2, 0.25) is 5.91 Å². The van der Waals surface area contributed by atoms with E-state index in [1.807, 2.05) is 42.5 Å². The fraction of sp³-hybridized carbons (Fsp3) is 0.167. The van der Waals surface area contributed by atoms with Gasteiger partial charge in [-0.2, -0.15) is 0 Å². The number of hydrogen-bond acceptors (Lipinski definition) is 2. The molecule has 1 N–H and O–H groups in total. The molecule has 0 radical (unpaired) electrons. The second-order valence-corrected chi connectivity index (χ2v) is 6.50. The number of para-hydroxylation sites is 1. The van der Waals surface area contributed by atoms with Crippen molar-refractivity contribution in [1.82, 2.24) is 0 Å². The monoisotopic (exact) mass is 309 g/mol. The number of benzene rings is 2. The molecule has 2 atom stereocenters. The number of carbonyl (C=O) groups is 1. The molecule has 0 saturated heterocycles. The zero-order chi connectivity index (χ0) is 14.9. The Bertz CT molecular complexity index is 912. The zero-order valence-electron chi connectivity index (χ0n) is 11.6. The summed E-state index contributed by atoms with van der Waals surface area (Å²) in [7, 11) is 0.